The first-order valence-electron chi connectivity index (χ1n) is 12.3. The second kappa shape index (κ2) is 10.2. The van der Waals surface area contributed by atoms with E-state index in [-0.39, 0.29) is 17.4 Å². The third kappa shape index (κ3) is 4.33. The van der Waals surface area contributed by atoms with Crippen LogP contribution >= 0.6 is 33.9 Å². The Hall–Kier alpha value is -3.57. The molecule has 1 aliphatic heterocycles. The molecule has 2 heterocycles. The number of ether oxygens (including phenoxy) is 3. The molecule has 0 amide bonds. The molecule has 6 rings (SSSR count). The van der Waals surface area contributed by atoms with E-state index >= 15 is 0 Å². The van der Waals surface area contributed by atoms with Crippen molar-refractivity contribution in [3.63, 3.8) is 0 Å². The summed E-state index contributed by atoms with van der Waals surface area (Å²) in [5.41, 5.74) is 5.99. The minimum atomic E-state index is -0.332. The van der Waals surface area contributed by atoms with E-state index in [9.17, 15) is 9.90 Å². The van der Waals surface area contributed by atoms with Gasteiger partial charge in [-0.25, -0.2) is 4.99 Å². The summed E-state index contributed by atoms with van der Waals surface area (Å²) < 4.78 is 19.4. The highest BCUT2D eigenvalue weighted by molar-refractivity contribution is 14.1. The van der Waals surface area contributed by atoms with Gasteiger partial charge in [0.15, 0.2) is 27.8 Å². The van der Waals surface area contributed by atoms with Crippen molar-refractivity contribution < 1.29 is 19.3 Å². The summed E-state index contributed by atoms with van der Waals surface area (Å²) in [5, 5.41) is 10.3. The Kier molecular flexibility index (Phi) is 6.72. The summed E-state index contributed by atoms with van der Waals surface area (Å²) in [4.78, 5) is 19.7. The van der Waals surface area contributed by atoms with Crippen LogP contribution in [0.5, 0.6) is 23.0 Å². The zero-order valence-electron chi connectivity index (χ0n) is 21.5. The van der Waals surface area contributed by atoms with E-state index in [0.717, 1.165) is 40.8 Å². The Morgan fingerprint density at radius 1 is 1.00 bits per heavy atom. The molecular formula is C30H25IN2O5S. The van der Waals surface area contributed by atoms with Crippen LogP contribution in [0.3, 0.4) is 0 Å². The van der Waals surface area contributed by atoms with Crippen LogP contribution < -0.4 is 29.1 Å². The van der Waals surface area contributed by atoms with Crippen molar-refractivity contribution in [3.8, 4) is 23.0 Å². The predicted molar refractivity (Wildman–Crippen MR) is 160 cm³/mol. The lowest BCUT2D eigenvalue weighted by Crippen LogP contribution is -2.38. The number of aromatic nitrogens is 1. The Bertz CT molecular complexity index is 1840. The maximum Gasteiger partial charge on any atom is 0.271 e. The number of halogens is 1. The first kappa shape index (κ1) is 25.7. The minimum absolute atomic E-state index is 0.0801. The summed E-state index contributed by atoms with van der Waals surface area (Å²) in [6.45, 7) is 0. The van der Waals surface area contributed by atoms with Crippen LogP contribution in [-0.2, 0) is 6.42 Å². The van der Waals surface area contributed by atoms with Crippen molar-refractivity contribution in [3.05, 3.63) is 106 Å². The molecule has 1 aliphatic carbocycles. The van der Waals surface area contributed by atoms with Crippen LogP contribution in [0.4, 0.5) is 0 Å². The number of phenolic OH excluding ortho intramolecular Hbond substituents is 1. The number of hydrogen-bond acceptors (Lipinski definition) is 7. The third-order valence-electron chi connectivity index (χ3n) is 7.16. The first-order valence-corrected chi connectivity index (χ1v) is 14.2. The predicted octanol–water partition coefficient (Wildman–Crippen LogP) is 4.65. The number of aromatic hydroxyl groups is 1. The molecule has 1 aromatic heterocycles. The number of benzene rings is 3. The Morgan fingerprint density at radius 3 is 2.54 bits per heavy atom. The van der Waals surface area contributed by atoms with Crippen molar-refractivity contribution >= 4 is 45.7 Å². The first-order chi connectivity index (χ1) is 18.9. The quantitative estimate of drug-likeness (QED) is 0.318. The second-order valence-electron chi connectivity index (χ2n) is 9.28. The number of thiazole rings is 1. The molecule has 2 aliphatic rings. The van der Waals surface area contributed by atoms with Crippen LogP contribution in [0.1, 0.15) is 34.7 Å². The van der Waals surface area contributed by atoms with Crippen LogP contribution in [-0.4, -0.2) is 31.0 Å². The van der Waals surface area contributed by atoms with E-state index < -0.39 is 0 Å². The van der Waals surface area contributed by atoms with Crippen molar-refractivity contribution in [2.24, 2.45) is 4.99 Å². The van der Waals surface area contributed by atoms with Gasteiger partial charge in [-0.3, -0.25) is 9.36 Å². The molecule has 9 heteroatoms. The summed E-state index contributed by atoms with van der Waals surface area (Å²) in [6.07, 6.45) is 3.51. The van der Waals surface area contributed by atoms with E-state index in [4.69, 9.17) is 19.2 Å². The molecule has 0 bridgehead atoms. The topological polar surface area (TPSA) is 82.3 Å². The van der Waals surface area contributed by atoms with Crippen LogP contribution in [0.15, 0.2) is 70.0 Å². The molecule has 0 unspecified atom stereocenters. The molecule has 0 fully saturated rings. The number of allylic oxidation sites excluding steroid dienone is 1. The molecule has 0 saturated heterocycles. The Labute approximate surface area is 242 Å². The lowest BCUT2D eigenvalue weighted by atomic mass is 9.83. The standard InChI is InChI=1S/C30H25IN2O5S/c1-36-22-11-9-18(15-23(22)37-2)27-20-10-8-17-6-4-5-7-19(17)26(20)32-30-33(27)29(35)25(39-30)14-16-12-21(31)28(34)24(13-16)38-3/h4-7,9,11-15,27,34H,8,10H2,1-3H3/b25-14-/t27-/m1/s1. The second-order valence-corrected chi connectivity index (χ2v) is 11.5. The SMILES string of the molecule is COc1ccc([C@@H]2C3=C(N=c4s/c(=C\c5cc(I)c(O)c(OC)c5)c(=O)n42)c2ccccc2CC3)cc1OC. The smallest absolute Gasteiger partial charge is 0.271 e. The summed E-state index contributed by atoms with van der Waals surface area (Å²) in [6, 6.07) is 17.4. The zero-order chi connectivity index (χ0) is 27.3. The monoisotopic (exact) mass is 652 g/mol. The van der Waals surface area contributed by atoms with Crippen molar-refractivity contribution in [2.45, 2.75) is 18.9 Å². The maximum atomic E-state index is 14.0. The lowest BCUT2D eigenvalue weighted by molar-refractivity contribution is 0.354. The van der Waals surface area contributed by atoms with Gasteiger partial charge in [-0.05, 0) is 88.0 Å². The number of rotatable bonds is 5. The molecule has 0 saturated carbocycles. The fraction of sp³-hybridized carbons (Fsp3) is 0.200. The fourth-order valence-corrected chi connectivity index (χ4v) is 6.96. The average Bonchev–Trinajstić information content (AvgIpc) is 3.27. The van der Waals surface area contributed by atoms with Gasteiger partial charge in [-0.2, -0.15) is 0 Å². The molecule has 4 aromatic rings. The van der Waals surface area contributed by atoms with Crippen LogP contribution in [0, 0.1) is 3.57 Å². The van der Waals surface area contributed by atoms with Crippen LogP contribution in [0.2, 0.25) is 0 Å². The molecule has 1 atom stereocenters. The molecule has 1 N–H and O–H groups in total. The summed E-state index contributed by atoms with van der Waals surface area (Å²) in [7, 11) is 4.73. The molecule has 7 nitrogen and oxygen atoms in total. The van der Waals surface area contributed by atoms with Gasteiger partial charge in [0.05, 0.1) is 41.2 Å². The van der Waals surface area contributed by atoms with E-state index in [1.807, 2.05) is 36.4 Å². The molecule has 0 radical (unpaired) electrons. The average molecular weight is 653 g/mol. The normalized spacial score (nSPS) is 16.2. The summed E-state index contributed by atoms with van der Waals surface area (Å²) >= 11 is 3.41. The molecule has 198 valence electrons. The van der Waals surface area contributed by atoms with Gasteiger partial charge in [-0.15, -0.1) is 0 Å². The van der Waals surface area contributed by atoms with Gasteiger partial charge in [0.25, 0.3) is 5.56 Å². The molecule has 0 spiro atoms. The Morgan fingerprint density at radius 2 is 1.77 bits per heavy atom. The van der Waals surface area contributed by atoms with Gasteiger partial charge < -0.3 is 19.3 Å². The van der Waals surface area contributed by atoms with Gasteiger partial charge >= 0.3 is 0 Å². The number of phenols is 1. The van der Waals surface area contributed by atoms with Gasteiger partial charge in [0.2, 0.25) is 0 Å². The van der Waals surface area contributed by atoms with Crippen molar-refractivity contribution in [1.29, 1.82) is 0 Å². The highest BCUT2D eigenvalue weighted by Gasteiger charge is 2.33. The molecule has 3 aromatic carbocycles. The minimum Gasteiger partial charge on any atom is -0.504 e. The zero-order valence-corrected chi connectivity index (χ0v) is 24.5. The third-order valence-corrected chi connectivity index (χ3v) is 8.97. The number of hydrogen-bond donors (Lipinski definition) is 1. The van der Waals surface area contributed by atoms with Crippen molar-refractivity contribution in [2.75, 3.05) is 21.3 Å². The van der Waals surface area contributed by atoms with Gasteiger partial charge in [0, 0.05) is 5.56 Å². The molecule has 39 heavy (non-hydrogen) atoms. The largest absolute Gasteiger partial charge is 0.504 e. The van der Waals surface area contributed by atoms with Crippen molar-refractivity contribution in [1.82, 2.24) is 4.57 Å². The van der Waals surface area contributed by atoms with Crippen LogP contribution in [0.25, 0.3) is 11.8 Å². The highest BCUT2D eigenvalue weighted by Crippen LogP contribution is 2.43. The highest BCUT2D eigenvalue weighted by atomic mass is 127. The van der Waals surface area contributed by atoms with E-state index in [1.54, 1.807) is 24.9 Å². The van der Waals surface area contributed by atoms with E-state index in [2.05, 4.69) is 40.8 Å². The number of aryl methyl sites for hydroxylation is 1. The Balaban J connectivity index is 1.61. The van der Waals surface area contributed by atoms with Gasteiger partial charge in [-0.1, -0.05) is 41.7 Å². The van der Waals surface area contributed by atoms with E-state index in [0.29, 0.717) is 30.2 Å². The fourth-order valence-electron chi connectivity index (χ4n) is 5.33. The number of nitrogens with zero attached hydrogens (tertiary/aromatic N) is 2. The number of methoxy groups -OCH3 is 3. The maximum absolute atomic E-state index is 14.0. The van der Waals surface area contributed by atoms with Gasteiger partial charge in [0.1, 0.15) is 0 Å². The lowest BCUT2D eigenvalue weighted by Gasteiger charge is -2.31. The van der Waals surface area contributed by atoms with E-state index in [1.165, 1.54) is 24.0 Å². The number of fused-ring (bicyclic) bond motifs is 3. The molecular weight excluding hydrogens is 627 g/mol. The summed E-state index contributed by atoms with van der Waals surface area (Å²) in [5.74, 6) is 1.68.